The zero-order chi connectivity index (χ0) is 13.4. The third-order valence-electron chi connectivity index (χ3n) is 2.11. The Morgan fingerprint density at radius 1 is 1.50 bits per heavy atom. The van der Waals surface area contributed by atoms with Crippen molar-refractivity contribution in [3.63, 3.8) is 0 Å². The number of hydrogen-bond acceptors (Lipinski definition) is 3. The minimum absolute atomic E-state index is 0.414. The van der Waals surface area contributed by atoms with E-state index in [-0.39, 0.29) is 0 Å². The van der Waals surface area contributed by atoms with Gasteiger partial charge in [-0.25, -0.2) is 4.79 Å². The van der Waals surface area contributed by atoms with E-state index in [2.05, 4.69) is 5.92 Å². The molecule has 0 unspecified atom stereocenters. The number of hydrogen-bond donors (Lipinski definition) is 1. The Labute approximate surface area is 106 Å². The summed E-state index contributed by atoms with van der Waals surface area (Å²) < 4.78 is 10.6. The maximum Gasteiger partial charge on any atom is 0.328 e. The summed E-state index contributed by atoms with van der Waals surface area (Å²) in [6.45, 7) is 0.414. The van der Waals surface area contributed by atoms with Crippen LogP contribution in [0.25, 0.3) is 6.08 Å². The molecular formula is C14H14O4. The summed E-state index contributed by atoms with van der Waals surface area (Å²) >= 11 is 0. The maximum absolute atomic E-state index is 10.4. The molecule has 1 N–H and O–H groups in total. The van der Waals surface area contributed by atoms with Crippen LogP contribution >= 0.6 is 0 Å². The molecule has 0 radical (unpaired) electrons. The molecule has 0 saturated carbocycles. The number of rotatable bonds is 6. The van der Waals surface area contributed by atoms with E-state index in [1.807, 2.05) is 0 Å². The van der Waals surface area contributed by atoms with Crippen molar-refractivity contribution in [2.75, 3.05) is 13.7 Å². The van der Waals surface area contributed by atoms with Crippen LogP contribution < -0.4 is 9.47 Å². The van der Waals surface area contributed by atoms with Gasteiger partial charge in [0.2, 0.25) is 0 Å². The van der Waals surface area contributed by atoms with Crippen LogP contribution in [0.4, 0.5) is 0 Å². The van der Waals surface area contributed by atoms with E-state index >= 15 is 0 Å². The van der Waals surface area contributed by atoms with Crippen LogP contribution in [0.2, 0.25) is 0 Å². The molecule has 0 atom stereocenters. The second kappa shape index (κ2) is 7.02. The second-order valence-corrected chi connectivity index (χ2v) is 3.38. The Bertz CT molecular complexity index is 483. The number of carboxylic acids is 1. The molecule has 0 aliphatic carbocycles. The first kappa shape index (κ1) is 13.7. The highest BCUT2D eigenvalue weighted by Crippen LogP contribution is 2.28. The van der Waals surface area contributed by atoms with Gasteiger partial charge in [-0.3, -0.25) is 0 Å². The maximum atomic E-state index is 10.4. The molecule has 0 spiro atoms. The Hall–Kier alpha value is -2.41. The zero-order valence-electron chi connectivity index (χ0n) is 10.1. The lowest BCUT2D eigenvalue weighted by molar-refractivity contribution is -0.131. The highest BCUT2D eigenvalue weighted by molar-refractivity contribution is 5.85. The van der Waals surface area contributed by atoms with Gasteiger partial charge < -0.3 is 14.6 Å². The molecule has 0 fully saturated rings. The molecule has 94 valence electrons. The monoisotopic (exact) mass is 246 g/mol. The van der Waals surface area contributed by atoms with Gasteiger partial charge in [-0.2, -0.15) is 0 Å². The largest absolute Gasteiger partial charge is 0.493 e. The van der Waals surface area contributed by atoms with Crippen molar-refractivity contribution in [3.8, 4) is 23.8 Å². The third kappa shape index (κ3) is 4.22. The quantitative estimate of drug-likeness (QED) is 0.475. The summed E-state index contributed by atoms with van der Waals surface area (Å²) in [4.78, 5) is 10.4. The molecule has 0 aliphatic rings. The molecule has 4 nitrogen and oxygen atoms in total. The minimum Gasteiger partial charge on any atom is -0.493 e. The second-order valence-electron chi connectivity index (χ2n) is 3.38. The van der Waals surface area contributed by atoms with Crippen molar-refractivity contribution in [2.24, 2.45) is 0 Å². The molecule has 4 heteroatoms. The van der Waals surface area contributed by atoms with Crippen LogP contribution in [-0.4, -0.2) is 24.8 Å². The molecule has 0 heterocycles. The molecule has 1 rings (SSSR count). The molecule has 0 aromatic heterocycles. The van der Waals surface area contributed by atoms with Gasteiger partial charge in [0.1, 0.15) is 0 Å². The predicted molar refractivity (Wildman–Crippen MR) is 68.6 cm³/mol. The van der Waals surface area contributed by atoms with Gasteiger partial charge in [0.05, 0.1) is 13.7 Å². The molecule has 1 aromatic carbocycles. The number of aliphatic carboxylic acids is 1. The molecule has 0 aliphatic heterocycles. The third-order valence-corrected chi connectivity index (χ3v) is 2.11. The van der Waals surface area contributed by atoms with Crippen LogP contribution in [0.15, 0.2) is 24.3 Å². The van der Waals surface area contributed by atoms with Crippen molar-refractivity contribution < 1.29 is 19.4 Å². The van der Waals surface area contributed by atoms with Gasteiger partial charge in [0, 0.05) is 12.5 Å². The fourth-order valence-corrected chi connectivity index (χ4v) is 1.29. The smallest absolute Gasteiger partial charge is 0.328 e. The number of ether oxygens (including phenoxy) is 2. The van der Waals surface area contributed by atoms with Gasteiger partial charge in [-0.05, 0) is 23.8 Å². The molecule has 1 aromatic rings. The highest BCUT2D eigenvalue weighted by atomic mass is 16.5. The average Bonchev–Trinajstić information content (AvgIpc) is 2.37. The molecular weight excluding hydrogens is 232 g/mol. The Kier molecular flexibility index (Phi) is 5.33. The SMILES string of the molecule is C#CCCOc1ccc(/C=C/C(=O)O)cc1OC. The Morgan fingerprint density at radius 3 is 2.89 bits per heavy atom. The first-order valence-electron chi connectivity index (χ1n) is 5.32. The fraction of sp³-hybridized carbons (Fsp3) is 0.214. The lowest BCUT2D eigenvalue weighted by atomic mass is 10.2. The highest BCUT2D eigenvalue weighted by Gasteiger charge is 2.04. The van der Waals surface area contributed by atoms with Gasteiger partial charge in [0.15, 0.2) is 11.5 Å². The van der Waals surface area contributed by atoms with E-state index in [1.165, 1.54) is 13.2 Å². The molecule has 18 heavy (non-hydrogen) atoms. The zero-order valence-corrected chi connectivity index (χ0v) is 10.1. The average molecular weight is 246 g/mol. The number of terminal acetylenes is 1. The van der Waals surface area contributed by atoms with E-state index in [9.17, 15) is 4.79 Å². The van der Waals surface area contributed by atoms with Gasteiger partial charge in [0.25, 0.3) is 0 Å². The summed E-state index contributed by atoms with van der Waals surface area (Å²) in [5, 5.41) is 8.54. The van der Waals surface area contributed by atoms with Crippen LogP contribution in [-0.2, 0) is 4.79 Å². The van der Waals surface area contributed by atoms with Gasteiger partial charge >= 0.3 is 5.97 Å². The van der Waals surface area contributed by atoms with E-state index in [0.717, 1.165) is 11.6 Å². The number of benzene rings is 1. The first-order chi connectivity index (χ1) is 8.67. The number of carbonyl (C=O) groups is 1. The molecule has 0 bridgehead atoms. The Balaban J connectivity index is 2.83. The van der Waals surface area contributed by atoms with Crippen LogP contribution in [0, 0.1) is 12.3 Å². The van der Waals surface area contributed by atoms with Crippen molar-refractivity contribution in [3.05, 3.63) is 29.8 Å². The first-order valence-corrected chi connectivity index (χ1v) is 5.32. The molecule has 0 amide bonds. The molecule has 0 saturated heterocycles. The van der Waals surface area contributed by atoms with Crippen LogP contribution in [0.1, 0.15) is 12.0 Å². The van der Waals surface area contributed by atoms with E-state index in [1.54, 1.807) is 18.2 Å². The van der Waals surface area contributed by atoms with Crippen molar-refractivity contribution >= 4 is 12.0 Å². The van der Waals surface area contributed by atoms with Crippen LogP contribution in [0.5, 0.6) is 11.5 Å². The lowest BCUT2D eigenvalue weighted by Crippen LogP contribution is -1.98. The standard InChI is InChI=1S/C14H14O4/c1-3-4-9-18-12-7-5-11(6-8-14(15)16)10-13(12)17-2/h1,5-8,10H,4,9H2,2H3,(H,15,16)/b8-6+. The number of methoxy groups -OCH3 is 1. The summed E-state index contributed by atoms with van der Waals surface area (Å²) in [5.41, 5.74) is 0.721. The van der Waals surface area contributed by atoms with Crippen LogP contribution in [0.3, 0.4) is 0 Å². The summed E-state index contributed by atoms with van der Waals surface area (Å²) in [6.07, 6.45) is 8.19. The number of carboxylic acid groups (broad SMARTS) is 1. The minimum atomic E-state index is -0.997. The lowest BCUT2D eigenvalue weighted by Gasteiger charge is -2.10. The normalized spacial score (nSPS) is 10.0. The van der Waals surface area contributed by atoms with Gasteiger partial charge in [-0.15, -0.1) is 12.3 Å². The van der Waals surface area contributed by atoms with Crippen molar-refractivity contribution in [1.82, 2.24) is 0 Å². The van der Waals surface area contributed by atoms with Gasteiger partial charge in [-0.1, -0.05) is 6.07 Å². The van der Waals surface area contributed by atoms with E-state index in [0.29, 0.717) is 24.5 Å². The predicted octanol–water partition coefficient (Wildman–Crippen LogP) is 2.20. The fourth-order valence-electron chi connectivity index (χ4n) is 1.29. The van der Waals surface area contributed by atoms with Crippen molar-refractivity contribution in [1.29, 1.82) is 0 Å². The van der Waals surface area contributed by atoms with Crippen molar-refractivity contribution in [2.45, 2.75) is 6.42 Å². The van der Waals surface area contributed by atoms with E-state index in [4.69, 9.17) is 21.0 Å². The Morgan fingerprint density at radius 2 is 2.28 bits per heavy atom. The summed E-state index contributed by atoms with van der Waals surface area (Å²) in [6, 6.07) is 5.16. The summed E-state index contributed by atoms with van der Waals surface area (Å²) in [7, 11) is 1.52. The van der Waals surface area contributed by atoms with E-state index < -0.39 is 5.97 Å². The summed E-state index contributed by atoms with van der Waals surface area (Å²) in [5.74, 6) is 2.61. The topological polar surface area (TPSA) is 55.8 Å².